The Balaban J connectivity index is 1.39. The zero-order chi connectivity index (χ0) is 21.4. The topological polar surface area (TPSA) is 110 Å². The maximum atomic E-state index is 14.1. The molecule has 4 aromatic rings. The van der Waals surface area contributed by atoms with Crippen LogP contribution in [0.3, 0.4) is 0 Å². The average Bonchev–Trinajstić information content (AvgIpc) is 3.59. The highest BCUT2D eigenvalue weighted by Gasteiger charge is 2.33. The molecule has 31 heavy (non-hydrogen) atoms. The normalized spacial score (nSPS) is 17.0. The molecule has 10 heteroatoms. The zero-order valence-corrected chi connectivity index (χ0v) is 17.2. The lowest BCUT2D eigenvalue weighted by Gasteiger charge is -2.22. The lowest BCUT2D eigenvalue weighted by atomic mass is 10.0. The summed E-state index contributed by atoms with van der Waals surface area (Å²) >= 11 is 1.39. The molecule has 1 aliphatic rings. The Kier molecular flexibility index (Phi) is 4.85. The molecule has 0 bridgehead atoms. The Morgan fingerprint density at radius 2 is 2.23 bits per heavy atom. The summed E-state index contributed by atoms with van der Waals surface area (Å²) in [7, 11) is 0. The Labute approximate surface area is 181 Å². The van der Waals surface area contributed by atoms with Gasteiger partial charge in [-0.2, -0.15) is 15.6 Å². The van der Waals surface area contributed by atoms with Crippen molar-refractivity contribution in [3.8, 4) is 23.4 Å². The van der Waals surface area contributed by atoms with E-state index in [9.17, 15) is 14.9 Å². The number of thiophene rings is 1. The number of nitrogens with one attached hydrogen (secondary N) is 1. The van der Waals surface area contributed by atoms with Crippen molar-refractivity contribution in [2.24, 2.45) is 5.92 Å². The van der Waals surface area contributed by atoms with Crippen molar-refractivity contribution in [1.29, 1.82) is 10.5 Å². The Hall–Kier alpha value is -3.76. The van der Waals surface area contributed by atoms with Gasteiger partial charge in [0.1, 0.15) is 41.4 Å². The fourth-order valence-corrected chi connectivity index (χ4v) is 5.20. The molecular weight excluding hydrogens is 415 g/mol. The molecule has 1 N–H and O–H groups in total. The van der Waals surface area contributed by atoms with Crippen molar-refractivity contribution >= 4 is 27.4 Å². The number of halogens is 1. The van der Waals surface area contributed by atoms with Gasteiger partial charge in [-0.3, -0.25) is 4.68 Å². The molecule has 1 fully saturated rings. The van der Waals surface area contributed by atoms with Gasteiger partial charge in [0.05, 0.1) is 23.5 Å². The predicted molar refractivity (Wildman–Crippen MR) is 114 cm³/mol. The summed E-state index contributed by atoms with van der Waals surface area (Å²) in [6.45, 7) is 0.784. The van der Waals surface area contributed by atoms with E-state index in [4.69, 9.17) is 0 Å². The number of hydrogen-bond donors (Lipinski definition) is 1. The van der Waals surface area contributed by atoms with Crippen molar-refractivity contribution in [2.45, 2.75) is 12.5 Å². The van der Waals surface area contributed by atoms with Gasteiger partial charge in [-0.25, -0.2) is 14.4 Å². The second-order valence-electron chi connectivity index (χ2n) is 7.44. The van der Waals surface area contributed by atoms with Gasteiger partial charge in [0.25, 0.3) is 0 Å². The number of rotatable bonds is 5. The molecule has 0 saturated carbocycles. The molecule has 8 nitrogen and oxygen atoms in total. The monoisotopic (exact) mass is 432 g/mol. The van der Waals surface area contributed by atoms with Crippen LogP contribution in [0.1, 0.15) is 23.6 Å². The van der Waals surface area contributed by atoms with Crippen molar-refractivity contribution in [1.82, 2.24) is 24.7 Å². The number of H-pyrrole nitrogens is 1. The van der Waals surface area contributed by atoms with Crippen LogP contribution in [0, 0.1) is 28.6 Å². The molecule has 2 atom stereocenters. The molecule has 0 spiro atoms. The zero-order valence-electron chi connectivity index (χ0n) is 16.4. The third kappa shape index (κ3) is 3.22. The first-order valence-corrected chi connectivity index (χ1v) is 10.7. The summed E-state index contributed by atoms with van der Waals surface area (Å²) in [6, 6.07) is 5.70. The minimum atomic E-state index is -0.540. The molecule has 154 valence electrons. The number of aromatic amines is 1. The summed E-state index contributed by atoms with van der Waals surface area (Å²) in [6.07, 6.45) is 7.63. The highest BCUT2D eigenvalue weighted by atomic mass is 32.1. The number of alkyl halides is 1. The second-order valence-corrected chi connectivity index (χ2v) is 8.30. The molecule has 5 rings (SSSR count). The molecule has 2 unspecified atom stereocenters. The van der Waals surface area contributed by atoms with Crippen LogP contribution in [0.25, 0.3) is 22.3 Å². The highest BCUT2D eigenvalue weighted by Crippen LogP contribution is 2.37. The Bertz CT molecular complexity index is 1320. The van der Waals surface area contributed by atoms with Crippen LogP contribution in [0.2, 0.25) is 0 Å². The van der Waals surface area contributed by atoms with Crippen LogP contribution in [-0.2, 0) is 0 Å². The first-order valence-electron chi connectivity index (χ1n) is 9.78. The molecule has 0 aliphatic carbocycles. The maximum Gasteiger partial charge on any atom is 0.141 e. The number of anilines is 1. The smallest absolute Gasteiger partial charge is 0.141 e. The Morgan fingerprint density at radius 1 is 1.32 bits per heavy atom. The fourth-order valence-electron chi connectivity index (χ4n) is 4.21. The minimum absolute atomic E-state index is 0.0367. The fraction of sp³-hybridized carbons (Fsp3) is 0.286. The van der Waals surface area contributed by atoms with Crippen molar-refractivity contribution in [2.75, 3.05) is 24.7 Å². The molecule has 4 aromatic heterocycles. The molecule has 0 radical (unpaired) electrons. The summed E-state index contributed by atoms with van der Waals surface area (Å²) in [5.41, 5.74) is 3.11. The van der Waals surface area contributed by atoms with Crippen LogP contribution in [0.15, 0.2) is 36.4 Å². The minimum Gasteiger partial charge on any atom is -0.362 e. The van der Waals surface area contributed by atoms with E-state index in [1.165, 1.54) is 17.7 Å². The van der Waals surface area contributed by atoms with Gasteiger partial charge in [0.2, 0.25) is 0 Å². The van der Waals surface area contributed by atoms with E-state index in [-0.39, 0.29) is 5.92 Å². The highest BCUT2D eigenvalue weighted by molar-refractivity contribution is 7.14. The lowest BCUT2D eigenvalue weighted by molar-refractivity contribution is 0.257. The van der Waals surface area contributed by atoms with E-state index >= 15 is 0 Å². The van der Waals surface area contributed by atoms with Gasteiger partial charge in [-0.05, 0) is 12.5 Å². The van der Waals surface area contributed by atoms with Crippen LogP contribution in [0.5, 0.6) is 0 Å². The first-order chi connectivity index (χ1) is 15.2. The molecule has 0 amide bonds. The Morgan fingerprint density at radius 3 is 3.03 bits per heavy atom. The predicted octanol–water partition coefficient (Wildman–Crippen LogP) is 3.66. The van der Waals surface area contributed by atoms with Gasteiger partial charge in [-0.1, -0.05) is 0 Å². The largest absolute Gasteiger partial charge is 0.362 e. The third-order valence-electron chi connectivity index (χ3n) is 5.79. The average molecular weight is 432 g/mol. The first kappa shape index (κ1) is 19.2. The molecule has 1 aliphatic heterocycles. The van der Waals surface area contributed by atoms with Crippen molar-refractivity contribution < 1.29 is 4.39 Å². The number of hydrogen-bond acceptors (Lipinski definition) is 7. The number of nitrogens with zero attached hydrogens (tertiary/aromatic N) is 7. The van der Waals surface area contributed by atoms with E-state index in [1.807, 2.05) is 18.5 Å². The van der Waals surface area contributed by atoms with Gasteiger partial charge >= 0.3 is 0 Å². The van der Waals surface area contributed by atoms with Crippen LogP contribution in [0.4, 0.5) is 9.39 Å². The summed E-state index contributed by atoms with van der Waals surface area (Å²) in [4.78, 5) is 13.7. The molecule has 5 heterocycles. The van der Waals surface area contributed by atoms with E-state index in [0.29, 0.717) is 24.2 Å². The van der Waals surface area contributed by atoms with Crippen molar-refractivity contribution in [3.63, 3.8) is 0 Å². The summed E-state index contributed by atoms with van der Waals surface area (Å²) in [5.74, 6) is 0.0367. The number of aromatic nitrogens is 5. The second kappa shape index (κ2) is 7.82. The summed E-state index contributed by atoms with van der Waals surface area (Å²) < 4.78 is 15.8. The number of nitriles is 2. The van der Waals surface area contributed by atoms with E-state index in [0.717, 1.165) is 33.7 Å². The molecule has 0 aromatic carbocycles. The maximum absolute atomic E-state index is 14.1. The van der Waals surface area contributed by atoms with Gasteiger partial charge in [-0.15, -0.1) is 11.3 Å². The van der Waals surface area contributed by atoms with E-state index in [2.05, 4.69) is 37.1 Å². The number of fused-ring (bicyclic) bond motifs is 1. The summed E-state index contributed by atoms with van der Waals surface area (Å²) in [5, 5.41) is 26.5. The van der Waals surface area contributed by atoms with Gasteiger partial charge < -0.3 is 9.88 Å². The van der Waals surface area contributed by atoms with Crippen molar-refractivity contribution in [3.05, 3.63) is 47.5 Å². The van der Waals surface area contributed by atoms with E-state index < -0.39 is 12.7 Å². The molecular formula is C21H17FN8S. The quantitative estimate of drug-likeness (QED) is 0.515. The SMILES string of the molecule is N#Cc1csc(N2CCC(C(CF)n3cc(-c4ncnc5[nH]ccc45)cn3)C2)c1C#N. The van der Waals surface area contributed by atoms with E-state index in [1.54, 1.807) is 16.3 Å². The standard InChI is InChI=1S/C21H17FN8S/c22-5-18(13-2-4-29(9-13)21-17(7-24)14(6-23)11-31-21)30-10-15(8-28-30)19-16-1-3-25-20(16)27-12-26-19/h1,3,8,10-13,18H,2,4-5,9H2,(H,25,26,27). The van der Waals surface area contributed by atoms with Crippen LogP contribution >= 0.6 is 11.3 Å². The third-order valence-corrected chi connectivity index (χ3v) is 6.83. The molecule has 1 saturated heterocycles. The van der Waals surface area contributed by atoms with Crippen LogP contribution in [-0.4, -0.2) is 44.5 Å². The van der Waals surface area contributed by atoms with Crippen LogP contribution < -0.4 is 4.90 Å². The van der Waals surface area contributed by atoms with Gasteiger partial charge in [0, 0.05) is 47.7 Å². The lowest BCUT2D eigenvalue weighted by Crippen LogP contribution is -2.26. The van der Waals surface area contributed by atoms with Gasteiger partial charge in [0.15, 0.2) is 0 Å².